The molecule has 2 atom stereocenters. The first-order chi connectivity index (χ1) is 9.74. The lowest BCUT2D eigenvalue weighted by atomic mass is 9.94. The van der Waals surface area contributed by atoms with E-state index in [0.29, 0.717) is 12.1 Å². The van der Waals surface area contributed by atoms with Crippen LogP contribution in [0.2, 0.25) is 0 Å². The minimum Gasteiger partial charge on any atom is -0.306 e. The van der Waals surface area contributed by atoms with Gasteiger partial charge >= 0.3 is 0 Å². The fraction of sp³-hybridized carbons (Fsp3) is 0.529. The molecule has 0 bridgehead atoms. The quantitative estimate of drug-likeness (QED) is 0.678. The summed E-state index contributed by atoms with van der Waals surface area (Å²) in [5.41, 5.74) is 0. The van der Waals surface area contributed by atoms with E-state index in [1.165, 1.54) is 22.6 Å². The Bertz CT molecular complexity index is 457. The minimum atomic E-state index is 0.448. The largest absolute Gasteiger partial charge is 0.306 e. The second-order valence-corrected chi connectivity index (χ2v) is 7.39. The number of hydrogen-bond donors (Lipinski definition) is 1. The lowest BCUT2D eigenvalue weighted by molar-refractivity contribution is 0.323. The van der Waals surface area contributed by atoms with Gasteiger partial charge in [-0.05, 0) is 35.7 Å². The van der Waals surface area contributed by atoms with Gasteiger partial charge in [0.25, 0.3) is 0 Å². The van der Waals surface area contributed by atoms with Crippen LogP contribution >= 0.6 is 22.7 Å². The molecule has 0 fully saturated rings. The van der Waals surface area contributed by atoms with Crippen LogP contribution in [0.3, 0.4) is 0 Å². The normalized spacial score (nSPS) is 14.6. The standard InChI is InChI=1S/C17H25NS2/c1-4-14(5-2)13(3)18-16(17-9-7-11-20-17)12-15-8-6-10-19-15/h6-11,13-14,16,18H,4-5,12H2,1-3H3. The summed E-state index contributed by atoms with van der Waals surface area (Å²) in [5, 5.41) is 8.23. The fourth-order valence-electron chi connectivity index (χ4n) is 2.81. The van der Waals surface area contributed by atoms with Gasteiger partial charge in [-0.25, -0.2) is 0 Å². The second kappa shape index (κ2) is 7.96. The minimum absolute atomic E-state index is 0.448. The zero-order chi connectivity index (χ0) is 14.4. The van der Waals surface area contributed by atoms with Crippen LogP contribution in [0, 0.1) is 5.92 Å². The third kappa shape index (κ3) is 4.18. The maximum Gasteiger partial charge on any atom is 0.0465 e. The van der Waals surface area contributed by atoms with Crippen molar-refractivity contribution < 1.29 is 0 Å². The number of rotatable bonds is 8. The van der Waals surface area contributed by atoms with E-state index in [4.69, 9.17) is 0 Å². The summed E-state index contributed by atoms with van der Waals surface area (Å²) in [5.74, 6) is 0.765. The summed E-state index contributed by atoms with van der Waals surface area (Å²) in [6, 6.07) is 9.83. The molecule has 0 saturated heterocycles. The molecule has 110 valence electrons. The van der Waals surface area contributed by atoms with E-state index in [2.05, 4.69) is 61.1 Å². The highest BCUT2D eigenvalue weighted by Gasteiger charge is 2.20. The Morgan fingerprint density at radius 1 is 1.05 bits per heavy atom. The van der Waals surface area contributed by atoms with Gasteiger partial charge in [-0.2, -0.15) is 0 Å². The predicted molar refractivity (Wildman–Crippen MR) is 91.8 cm³/mol. The second-order valence-electron chi connectivity index (χ2n) is 5.38. The van der Waals surface area contributed by atoms with Crippen molar-refractivity contribution in [2.45, 2.75) is 52.1 Å². The molecular formula is C17H25NS2. The molecule has 0 aliphatic rings. The zero-order valence-electron chi connectivity index (χ0n) is 12.6. The summed E-state index contributed by atoms with van der Waals surface area (Å²) in [4.78, 5) is 2.92. The highest BCUT2D eigenvalue weighted by Crippen LogP contribution is 2.27. The number of hydrogen-bond acceptors (Lipinski definition) is 3. The van der Waals surface area contributed by atoms with Crippen LogP contribution in [0.25, 0.3) is 0 Å². The van der Waals surface area contributed by atoms with Crippen molar-refractivity contribution in [1.29, 1.82) is 0 Å². The molecule has 2 aromatic rings. The van der Waals surface area contributed by atoms with Gasteiger partial charge in [0, 0.05) is 28.3 Å². The molecule has 0 radical (unpaired) electrons. The first-order valence-electron chi connectivity index (χ1n) is 7.56. The predicted octanol–water partition coefficient (Wildman–Crippen LogP) is 5.51. The molecule has 0 saturated carbocycles. The van der Waals surface area contributed by atoms with Gasteiger partial charge in [-0.3, -0.25) is 0 Å². The zero-order valence-corrected chi connectivity index (χ0v) is 14.3. The molecule has 2 unspecified atom stereocenters. The van der Waals surface area contributed by atoms with Crippen molar-refractivity contribution in [3.05, 3.63) is 44.8 Å². The summed E-state index contributed by atoms with van der Waals surface area (Å²) in [6.07, 6.45) is 3.60. The fourth-order valence-corrected chi connectivity index (χ4v) is 4.35. The molecular weight excluding hydrogens is 282 g/mol. The third-order valence-corrected chi connectivity index (χ3v) is 5.98. The van der Waals surface area contributed by atoms with Gasteiger partial charge in [0.15, 0.2) is 0 Å². The summed E-state index contributed by atoms with van der Waals surface area (Å²) in [7, 11) is 0. The first kappa shape index (κ1) is 15.7. The Labute approximate surface area is 131 Å². The van der Waals surface area contributed by atoms with E-state index < -0.39 is 0 Å². The molecule has 0 spiro atoms. The van der Waals surface area contributed by atoms with Crippen LogP contribution in [-0.4, -0.2) is 6.04 Å². The summed E-state index contributed by atoms with van der Waals surface area (Å²) in [6.45, 7) is 6.93. The first-order valence-corrected chi connectivity index (χ1v) is 9.32. The average Bonchev–Trinajstić information content (AvgIpc) is 3.12. The van der Waals surface area contributed by atoms with Crippen LogP contribution in [0.1, 0.15) is 49.4 Å². The van der Waals surface area contributed by atoms with E-state index in [0.717, 1.165) is 12.3 Å². The van der Waals surface area contributed by atoms with Gasteiger partial charge in [-0.15, -0.1) is 22.7 Å². The lowest BCUT2D eigenvalue weighted by Gasteiger charge is -2.27. The highest BCUT2D eigenvalue weighted by atomic mass is 32.1. The third-order valence-electron chi connectivity index (χ3n) is 4.09. The maximum atomic E-state index is 3.88. The van der Waals surface area contributed by atoms with Crippen molar-refractivity contribution in [2.24, 2.45) is 5.92 Å². The SMILES string of the molecule is CCC(CC)C(C)NC(Cc1cccs1)c1cccs1. The van der Waals surface area contributed by atoms with E-state index in [9.17, 15) is 0 Å². The van der Waals surface area contributed by atoms with Gasteiger partial charge in [0.2, 0.25) is 0 Å². The van der Waals surface area contributed by atoms with E-state index in [1.807, 2.05) is 22.7 Å². The smallest absolute Gasteiger partial charge is 0.0465 e. The Hall–Kier alpha value is -0.640. The average molecular weight is 308 g/mol. The molecule has 1 nitrogen and oxygen atoms in total. The molecule has 2 heterocycles. The van der Waals surface area contributed by atoms with E-state index >= 15 is 0 Å². The molecule has 1 N–H and O–H groups in total. The molecule has 0 aliphatic carbocycles. The van der Waals surface area contributed by atoms with Crippen LogP contribution in [-0.2, 0) is 6.42 Å². The highest BCUT2D eigenvalue weighted by molar-refractivity contribution is 7.10. The topological polar surface area (TPSA) is 12.0 Å². The molecule has 3 heteroatoms. The summed E-state index contributed by atoms with van der Waals surface area (Å²) >= 11 is 3.72. The van der Waals surface area contributed by atoms with E-state index in [1.54, 1.807) is 0 Å². The molecule has 2 aromatic heterocycles. The molecule has 0 aliphatic heterocycles. The van der Waals surface area contributed by atoms with Crippen molar-refractivity contribution in [2.75, 3.05) is 0 Å². The van der Waals surface area contributed by atoms with Crippen molar-refractivity contribution in [3.8, 4) is 0 Å². The van der Waals surface area contributed by atoms with Crippen molar-refractivity contribution in [3.63, 3.8) is 0 Å². The lowest BCUT2D eigenvalue weighted by Crippen LogP contribution is -2.36. The molecule has 0 aromatic carbocycles. The monoisotopic (exact) mass is 307 g/mol. The van der Waals surface area contributed by atoms with Gasteiger partial charge in [-0.1, -0.05) is 38.8 Å². The molecule has 20 heavy (non-hydrogen) atoms. The number of nitrogens with one attached hydrogen (secondary N) is 1. The van der Waals surface area contributed by atoms with Crippen LogP contribution in [0.5, 0.6) is 0 Å². The van der Waals surface area contributed by atoms with Gasteiger partial charge in [0.1, 0.15) is 0 Å². The van der Waals surface area contributed by atoms with Crippen molar-refractivity contribution >= 4 is 22.7 Å². The Balaban J connectivity index is 2.07. The Kier molecular flexibility index (Phi) is 6.27. The Morgan fingerprint density at radius 3 is 2.30 bits per heavy atom. The van der Waals surface area contributed by atoms with Crippen LogP contribution in [0.15, 0.2) is 35.0 Å². The van der Waals surface area contributed by atoms with E-state index in [-0.39, 0.29) is 0 Å². The van der Waals surface area contributed by atoms with Crippen LogP contribution < -0.4 is 5.32 Å². The summed E-state index contributed by atoms with van der Waals surface area (Å²) < 4.78 is 0. The van der Waals surface area contributed by atoms with Gasteiger partial charge < -0.3 is 5.32 Å². The molecule has 0 amide bonds. The Morgan fingerprint density at radius 2 is 1.75 bits per heavy atom. The van der Waals surface area contributed by atoms with Crippen molar-refractivity contribution in [1.82, 2.24) is 5.32 Å². The van der Waals surface area contributed by atoms with Gasteiger partial charge in [0.05, 0.1) is 0 Å². The number of thiophene rings is 2. The maximum absolute atomic E-state index is 3.88. The van der Waals surface area contributed by atoms with Crippen LogP contribution in [0.4, 0.5) is 0 Å². The molecule has 2 rings (SSSR count).